The Balaban J connectivity index is 1.53. The summed E-state index contributed by atoms with van der Waals surface area (Å²) in [6.45, 7) is 0. The van der Waals surface area contributed by atoms with Gasteiger partial charge in [0.2, 0.25) is 21.6 Å². The number of aromatic nitrogens is 2. The van der Waals surface area contributed by atoms with Crippen LogP contribution in [0.1, 0.15) is 40.1 Å². The third-order valence-corrected chi connectivity index (χ3v) is 7.95. The number of fused-ring (bicyclic) bond motifs is 1. The minimum Gasteiger partial charge on any atom is -0.465 e. The van der Waals surface area contributed by atoms with Crippen molar-refractivity contribution < 1.29 is 27.2 Å². The van der Waals surface area contributed by atoms with Gasteiger partial charge in [-0.2, -0.15) is 0 Å². The van der Waals surface area contributed by atoms with Crippen molar-refractivity contribution in [2.24, 2.45) is 0 Å². The summed E-state index contributed by atoms with van der Waals surface area (Å²) >= 11 is 7.13. The molecule has 1 aliphatic carbocycles. The van der Waals surface area contributed by atoms with Crippen molar-refractivity contribution in [3.05, 3.63) is 45.3 Å². The molecule has 12 heteroatoms. The van der Waals surface area contributed by atoms with E-state index >= 15 is 0 Å². The maximum Gasteiger partial charge on any atom is 0.341 e. The van der Waals surface area contributed by atoms with E-state index in [9.17, 15) is 18.0 Å². The predicted molar refractivity (Wildman–Crippen MR) is 122 cm³/mol. The van der Waals surface area contributed by atoms with E-state index in [1.54, 1.807) is 24.3 Å². The summed E-state index contributed by atoms with van der Waals surface area (Å²) in [5.41, 5.74) is 1.65. The van der Waals surface area contributed by atoms with Gasteiger partial charge in [0.1, 0.15) is 10.8 Å². The number of nitrogens with zero attached hydrogens (tertiary/aromatic N) is 2. The van der Waals surface area contributed by atoms with Gasteiger partial charge in [-0.3, -0.25) is 4.79 Å². The van der Waals surface area contributed by atoms with E-state index in [1.807, 2.05) is 0 Å². The van der Waals surface area contributed by atoms with Crippen molar-refractivity contribution in [1.29, 1.82) is 0 Å². The number of ether oxygens (including phenoxy) is 1. The number of rotatable bonds is 6. The first kappa shape index (κ1) is 23.4. The first-order valence-electron chi connectivity index (χ1n) is 10.1. The molecule has 0 aliphatic heterocycles. The Morgan fingerprint density at radius 2 is 1.88 bits per heavy atom. The molecule has 4 rings (SSSR count). The number of aryl methyl sites for hydroxylation is 1. The largest absolute Gasteiger partial charge is 0.465 e. The lowest BCUT2D eigenvalue weighted by Gasteiger charge is -2.07. The number of nitrogens with one attached hydrogen (secondary N) is 1. The van der Waals surface area contributed by atoms with Crippen molar-refractivity contribution in [3.63, 3.8) is 0 Å². The van der Waals surface area contributed by atoms with Crippen LogP contribution in [0, 0.1) is 0 Å². The summed E-state index contributed by atoms with van der Waals surface area (Å²) in [7, 11) is -2.94. The van der Waals surface area contributed by atoms with Crippen molar-refractivity contribution in [3.8, 4) is 11.5 Å². The van der Waals surface area contributed by atoms with Crippen LogP contribution in [0.25, 0.3) is 11.5 Å². The second-order valence-electron chi connectivity index (χ2n) is 7.45. The molecule has 33 heavy (non-hydrogen) atoms. The van der Waals surface area contributed by atoms with Crippen LogP contribution < -0.4 is 5.32 Å². The van der Waals surface area contributed by atoms with Crippen molar-refractivity contribution in [2.45, 2.75) is 37.3 Å². The first-order valence-corrected chi connectivity index (χ1v) is 13.0. The highest BCUT2D eigenvalue weighted by Crippen LogP contribution is 2.38. The number of amides is 1. The summed E-state index contributed by atoms with van der Waals surface area (Å²) in [5.74, 6) is -2.31. The van der Waals surface area contributed by atoms with Crippen molar-refractivity contribution in [1.82, 2.24) is 10.2 Å². The molecule has 0 unspecified atom stereocenters. The monoisotopic (exact) mass is 509 g/mol. The van der Waals surface area contributed by atoms with Gasteiger partial charge in [-0.15, -0.1) is 16.4 Å². The number of carbonyl (C=O) groups excluding carboxylic acids is 2. The number of anilines is 1. The molecule has 174 valence electrons. The quantitative estimate of drug-likeness (QED) is 0.391. The minimum absolute atomic E-state index is 0.0133. The summed E-state index contributed by atoms with van der Waals surface area (Å²) in [6, 6.07) is 6.41. The summed E-state index contributed by atoms with van der Waals surface area (Å²) in [5, 5.41) is 10.0. The predicted octanol–water partition coefficient (Wildman–Crippen LogP) is 3.92. The lowest BCUT2D eigenvalue weighted by molar-refractivity contribution is -0.113. The fourth-order valence-electron chi connectivity index (χ4n) is 3.59. The fraction of sp³-hybridized carbons (Fsp3) is 0.333. The van der Waals surface area contributed by atoms with Gasteiger partial charge in [0.05, 0.1) is 12.7 Å². The molecule has 0 atom stereocenters. The van der Waals surface area contributed by atoms with Gasteiger partial charge < -0.3 is 14.5 Å². The van der Waals surface area contributed by atoms with E-state index in [0.29, 0.717) is 27.6 Å². The molecule has 0 saturated heterocycles. The molecule has 1 amide bonds. The zero-order valence-corrected chi connectivity index (χ0v) is 20.0. The molecule has 1 N–H and O–H groups in total. The van der Waals surface area contributed by atoms with Gasteiger partial charge >= 0.3 is 11.2 Å². The smallest absolute Gasteiger partial charge is 0.341 e. The Labute approximate surface area is 199 Å². The Morgan fingerprint density at radius 1 is 1.15 bits per heavy atom. The highest BCUT2D eigenvalue weighted by Gasteiger charge is 2.30. The Morgan fingerprint density at radius 3 is 2.61 bits per heavy atom. The van der Waals surface area contributed by atoms with Crippen LogP contribution in [0.4, 0.5) is 5.00 Å². The van der Waals surface area contributed by atoms with E-state index in [2.05, 4.69) is 15.5 Å². The molecule has 3 aromatic rings. The number of carbonyl (C=O) groups is 2. The molecular formula is C21H20ClN3O6S2. The third-order valence-electron chi connectivity index (χ3n) is 5.15. The molecule has 1 aromatic carbocycles. The maximum absolute atomic E-state index is 12.7. The first-order chi connectivity index (χ1) is 15.8. The number of methoxy groups -OCH3 is 1. The number of halogens is 1. The lowest BCUT2D eigenvalue weighted by Crippen LogP contribution is -2.24. The second kappa shape index (κ2) is 9.62. The molecule has 1 aliphatic rings. The number of benzene rings is 1. The number of esters is 1. The van der Waals surface area contributed by atoms with E-state index in [-0.39, 0.29) is 5.89 Å². The highest BCUT2D eigenvalue weighted by atomic mass is 35.5. The molecule has 0 bridgehead atoms. The number of thiophene rings is 1. The molecule has 0 radical (unpaired) electrons. The number of hydrogen-bond donors (Lipinski definition) is 1. The van der Waals surface area contributed by atoms with Gasteiger partial charge in [-0.1, -0.05) is 23.1 Å². The lowest BCUT2D eigenvalue weighted by atomic mass is 10.1. The third kappa shape index (κ3) is 5.10. The topological polar surface area (TPSA) is 128 Å². The number of hydrogen-bond acceptors (Lipinski definition) is 9. The summed E-state index contributed by atoms with van der Waals surface area (Å²) < 4.78 is 35.5. The zero-order valence-electron chi connectivity index (χ0n) is 17.6. The fourth-order valence-corrected chi connectivity index (χ4v) is 5.92. The molecule has 0 spiro atoms. The molecule has 0 saturated carbocycles. The molecular weight excluding hydrogens is 490 g/mol. The Bertz CT molecular complexity index is 1300. The second-order valence-corrected chi connectivity index (χ2v) is 10.9. The van der Waals surface area contributed by atoms with Crippen LogP contribution in [0.5, 0.6) is 0 Å². The van der Waals surface area contributed by atoms with Gasteiger partial charge in [0, 0.05) is 15.5 Å². The van der Waals surface area contributed by atoms with E-state index in [1.165, 1.54) is 18.4 Å². The highest BCUT2D eigenvalue weighted by molar-refractivity contribution is 7.91. The van der Waals surface area contributed by atoms with Crippen LogP contribution in [0.2, 0.25) is 5.02 Å². The van der Waals surface area contributed by atoms with Gasteiger partial charge in [0.15, 0.2) is 0 Å². The average molecular weight is 510 g/mol. The maximum atomic E-state index is 12.7. The molecule has 2 heterocycles. The average Bonchev–Trinajstić information content (AvgIpc) is 3.33. The van der Waals surface area contributed by atoms with Crippen molar-refractivity contribution in [2.75, 3.05) is 18.2 Å². The summed E-state index contributed by atoms with van der Waals surface area (Å²) in [6.07, 6.45) is 4.49. The summed E-state index contributed by atoms with van der Waals surface area (Å²) in [4.78, 5) is 26.0. The van der Waals surface area contributed by atoms with E-state index in [4.69, 9.17) is 20.8 Å². The van der Waals surface area contributed by atoms with Gasteiger partial charge in [0.25, 0.3) is 0 Å². The minimum atomic E-state index is -4.21. The zero-order chi connectivity index (χ0) is 23.6. The molecule has 2 aromatic heterocycles. The van der Waals surface area contributed by atoms with Crippen molar-refractivity contribution >= 4 is 49.7 Å². The Hall–Kier alpha value is -2.76. The van der Waals surface area contributed by atoms with Gasteiger partial charge in [-0.05, 0) is 55.5 Å². The Kier molecular flexibility index (Phi) is 6.82. The number of sulfone groups is 1. The molecule has 0 fully saturated rings. The molecule has 9 nitrogen and oxygen atoms in total. The normalized spacial score (nSPS) is 13.8. The van der Waals surface area contributed by atoms with Gasteiger partial charge in [-0.25, -0.2) is 13.2 Å². The van der Waals surface area contributed by atoms with Crippen LogP contribution in [-0.4, -0.2) is 43.4 Å². The van der Waals surface area contributed by atoms with Crippen LogP contribution in [0.3, 0.4) is 0 Å². The van der Waals surface area contributed by atoms with E-state index < -0.39 is 32.7 Å². The van der Waals surface area contributed by atoms with E-state index in [0.717, 1.165) is 36.1 Å². The van der Waals surface area contributed by atoms with Crippen LogP contribution in [0.15, 0.2) is 33.9 Å². The van der Waals surface area contributed by atoms with Crippen LogP contribution >= 0.6 is 22.9 Å². The van der Waals surface area contributed by atoms with Crippen LogP contribution in [-0.2, 0) is 32.2 Å². The standard InChI is InChI=1S/C21H20ClN3O6S2/c1-30-20(27)17-14-5-3-2-4-6-15(14)32-19(17)23-16(26)11-33(28,29)21-25-24-18(31-21)12-7-9-13(22)10-8-12/h7-10H,2-6,11H2,1H3,(H,23,26). The SMILES string of the molecule is COC(=O)c1c(NC(=O)CS(=O)(=O)c2nnc(-c3ccc(Cl)cc3)o2)sc2c1CCCCC2.